The summed E-state index contributed by atoms with van der Waals surface area (Å²) in [5.74, 6) is -0.580. The van der Waals surface area contributed by atoms with E-state index in [9.17, 15) is 17.6 Å². The van der Waals surface area contributed by atoms with Crippen molar-refractivity contribution in [3.8, 4) is 0 Å². The summed E-state index contributed by atoms with van der Waals surface area (Å²) in [6.07, 6.45) is 0.541. The van der Waals surface area contributed by atoms with Crippen molar-refractivity contribution in [3.05, 3.63) is 78.1 Å². The highest BCUT2D eigenvalue weighted by Crippen LogP contribution is 2.20. The van der Waals surface area contributed by atoms with E-state index in [0.29, 0.717) is 31.6 Å². The molecule has 4 rings (SSSR count). The predicted octanol–water partition coefficient (Wildman–Crippen LogP) is 3.52. The number of amides is 1. The smallest absolute Gasteiger partial charge is 0.253 e. The first-order valence-electron chi connectivity index (χ1n) is 9.49. The second-order valence-corrected chi connectivity index (χ2v) is 9.00. The number of halogens is 1. The molecule has 3 aromatic rings. The first kappa shape index (κ1) is 19.5. The molecule has 5 nitrogen and oxygen atoms in total. The summed E-state index contributed by atoms with van der Waals surface area (Å²) >= 11 is 0. The highest BCUT2D eigenvalue weighted by Gasteiger charge is 2.28. The van der Waals surface area contributed by atoms with Crippen molar-refractivity contribution < 1.29 is 17.6 Å². The summed E-state index contributed by atoms with van der Waals surface area (Å²) in [6, 6.07) is 18.3. The van der Waals surface area contributed by atoms with E-state index in [1.54, 1.807) is 4.90 Å². The molecule has 1 saturated heterocycles. The van der Waals surface area contributed by atoms with Gasteiger partial charge in [-0.3, -0.25) is 4.79 Å². The normalized spacial score (nSPS) is 16.0. The lowest BCUT2D eigenvalue weighted by molar-refractivity contribution is 0.0764. The summed E-state index contributed by atoms with van der Waals surface area (Å²) in [4.78, 5) is 14.7. The zero-order valence-electron chi connectivity index (χ0n) is 15.8. The lowest BCUT2D eigenvalue weighted by Gasteiger charge is -2.22. The third-order valence-electron chi connectivity index (χ3n) is 5.19. The van der Waals surface area contributed by atoms with Gasteiger partial charge in [-0.15, -0.1) is 0 Å². The molecule has 0 saturated carbocycles. The fourth-order valence-electron chi connectivity index (χ4n) is 3.60. The molecule has 1 aliphatic heterocycles. The number of carbonyl (C=O) groups excluding carboxylic acids is 1. The molecule has 0 N–H and O–H groups in total. The maximum Gasteiger partial charge on any atom is 0.253 e. The largest absolute Gasteiger partial charge is 0.337 e. The molecular weight excluding hydrogens is 391 g/mol. The van der Waals surface area contributed by atoms with Gasteiger partial charge in [0.15, 0.2) is 0 Å². The molecule has 0 aliphatic carbocycles. The van der Waals surface area contributed by atoms with Gasteiger partial charge in [-0.25, -0.2) is 12.8 Å². The van der Waals surface area contributed by atoms with Gasteiger partial charge in [0.2, 0.25) is 10.0 Å². The minimum absolute atomic E-state index is 0.0632. The fourth-order valence-corrected chi connectivity index (χ4v) is 5.07. The Hall–Kier alpha value is -2.77. The molecule has 1 fully saturated rings. The van der Waals surface area contributed by atoms with Crippen molar-refractivity contribution in [3.63, 3.8) is 0 Å². The van der Waals surface area contributed by atoms with Crippen LogP contribution >= 0.6 is 0 Å². The molecule has 0 radical (unpaired) electrons. The Bertz CT molecular complexity index is 1150. The molecule has 1 aliphatic rings. The Morgan fingerprint density at radius 1 is 0.828 bits per heavy atom. The number of hydrogen-bond acceptors (Lipinski definition) is 3. The summed E-state index contributed by atoms with van der Waals surface area (Å²) in [5.41, 5.74) is 0.596. The lowest BCUT2D eigenvalue weighted by atomic mass is 10.1. The highest BCUT2D eigenvalue weighted by molar-refractivity contribution is 7.89. The van der Waals surface area contributed by atoms with Crippen LogP contribution in [0.15, 0.2) is 71.6 Å². The van der Waals surface area contributed by atoms with Crippen LogP contribution < -0.4 is 0 Å². The van der Waals surface area contributed by atoms with Crippen LogP contribution in [-0.2, 0) is 10.0 Å². The standard InChI is InChI=1S/C22H21FN2O3S/c23-20-8-10-21(11-9-20)29(27,28)25-13-3-12-24(14-15-25)22(26)19-7-6-17-4-1-2-5-18(17)16-19/h1-2,4-11,16H,3,12-15H2. The van der Waals surface area contributed by atoms with E-state index in [2.05, 4.69) is 0 Å². The molecule has 0 spiro atoms. The van der Waals surface area contributed by atoms with Crippen LogP contribution in [0.25, 0.3) is 10.8 Å². The number of nitrogens with zero attached hydrogens (tertiary/aromatic N) is 2. The van der Waals surface area contributed by atoms with E-state index in [4.69, 9.17) is 0 Å². The second kappa shape index (κ2) is 7.93. The van der Waals surface area contributed by atoms with Gasteiger partial charge in [-0.05, 0) is 53.6 Å². The van der Waals surface area contributed by atoms with E-state index in [-0.39, 0.29) is 17.3 Å². The topological polar surface area (TPSA) is 57.7 Å². The Morgan fingerprint density at radius 2 is 1.55 bits per heavy atom. The molecule has 3 aromatic carbocycles. The molecule has 1 heterocycles. The van der Waals surface area contributed by atoms with Crippen molar-refractivity contribution in [2.45, 2.75) is 11.3 Å². The molecular formula is C22H21FN2O3S. The Morgan fingerprint density at radius 3 is 2.31 bits per heavy atom. The third kappa shape index (κ3) is 4.02. The van der Waals surface area contributed by atoms with Gasteiger partial charge in [0.05, 0.1) is 4.90 Å². The maximum absolute atomic E-state index is 13.1. The van der Waals surface area contributed by atoms with Gasteiger partial charge in [-0.1, -0.05) is 30.3 Å². The van der Waals surface area contributed by atoms with E-state index in [1.807, 2.05) is 42.5 Å². The summed E-state index contributed by atoms with van der Waals surface area (Å²) in [7, 11) is -3.72. The lowest BCUT2D eigenvalue weighted by Crippen LogP contribution is -2.37. The molecule has 0 bridgehead atoms. The molecule has 29 heavy (non-hydrogen) atoms. The minimum atomic E-state index is -3.72. The van der Waals surface area contributed by atoms with Crippen molar-refractivity contribution in [2.75, 3.05) is 26.2 Å². The second-order valence-electron chi connectivity index (χ2n) is 7.07. The van der Waals surface area contributed by atoms with Crippen molar-refractivity contribution in [1.29, 1.82) is 0 Å². The number of hydrogen-bond donors (Lipinski definition) is 0. The molecule has 1 amide bonds. The Balaban J connectivity index is 1.50. The van der Waals surface area contributed by atoms with Crippen LogP contribution in [0, 0.1) is 5.82 Å². The van der Waals surface area contributed by atoms with Gasteiger partial charge in [0.1, 0.15) is 5.82 Å². The van der Waals surface area contributed by atoms with Crippen LogP contribution in [0.5, 0.6) is 0 Å². The van der Waals surface area contributed by atoms with Crippen LogP contribution in [0.1, 0.15) is 16.8 Å². The quantitative estimate of drug-likeness (QED) is 0.662. The monoisotopic (exact) mass is 412 g/mol. The number of carbonyl (C=O) groups is 1. The number of fused-ring (bicyclic) bond motifs is 1. The van der Waals surface area contributed by atoms with Crippen molar-refractivity contribution >= 4 is 26.7 Å². The average molecular weight is 412 g/mol. The first-order valence-corrected chi connectivity index (χ1v) is 10.9. The summed E-state index contributed by atoms with van der Waals surface area (Å²) < 4.78 is 40.2. The van der Waals surface area contributed by atoms with Gasteiger partial charge < -0.3 is 4.90 Å². The number of sulfonamides is 1. The molecule has 7 heteroatoms. The maximum atomic E-state index is 13.1. The van der Waals surface area contributed by atoms with E-state index < -0.39 is 15.8 Å². The van der Waals surface area contributed by atoms with Gasteiger partial charge in [0, 0.05) is 31.7 Å². The third-order valence-corrected chi connectivity index (χ3v) is 7.10. The molecule has 150 valence electrons. The Kier molecular flexibility index (Phi) is 5.34. The van der Waals surface area contributed by atoms with Gasteiger partial charge >= 0.3 is 0 Å². The number of rotatable bonds is 3. The zero-order valence-corrected chi connectivity index (χ0v) is 16.6. The van der Waals surface area contributed by atoms with Crippen molar-refractivity contribution in [2.24, 2.45) is 0 Å². The van der Waals surface area contributed by atoms with Gasteiger partial charge in [0.25, 0.3) is 5.91 Å². The van der Waals surface area contributed by atoms with Crippen LogP contribution in [0.3, 0.4) is 0 Å². The molecule has 0 aromatic heterocycles. The SMILES string of the molecule is O=C(c1ccc2ccccc2c1)N1CCCN(S(=O)(=O)c2ccc(F)cc2)CC1. The summed E-state index contributed by atoms with van der Waals surface area (Å²) in [5, 5.41) is 2.06. The van der Waals surface area contributed by atoms with E-state index in [0.717, 1.165) is 22.9 Å². The van der Waals surface area contributed by atoms with Crippen LogP contribution in [0.2, 0.25) is 0 Å². The van der Waals surface area contributed by atoms with Crippen LogP contribution in [-0.4, -0.2) is 49.7 Å². The molecule has 0 atom stereocenters. The predicted molar refractivity (Wildman–Crippen MR) is 110 cm³/mol. The fraction of sp³-hybridized carbons (Fsp3) is 0.227. The summed E-state index contributed by atoms with van der Waals surface area (Å²) in [6.45, 7) is 1.33. The minimum Gasteiger partial charge on any atom is -0.337 e. The molecule has 0 unspecified atom stereocenters. The first-order chi connectivity index (χ1) is 13.9. The van der Waals surface area contributed by atoms with Crippen molar-refractivity contribution in [1.82, 2.24) is 9.21 Å². The zero-order chi connectivity index (χ0) is 20.4. The van der Waals surface area contributed by atoms with E-state index >= 15 is 0 Å². The van der Waals surface area contributed by atoms with Crippen LogP contribution in [0.4, 0.5) is 4.39 Å². The average Bonchev–Trinajstić information content (AvgIpc) is 3.00. The highest BCUT2D eigenvalue weighted by atomic mass is 32.2. The number of benzene rings is 3. The van der Waals surface area contributed by atoms with E-state index in [1.165, 1.54) is 16.4 Å². The Labute approximate surface area is 169 Å². The van der Waals surface area contributed by atoms with Gasteiger partial charge in [-0.2, -0.15) is 4.31 Å².